The molecule has 0 amide bonds. The normalized spacial score (nSPS) is 14.7. The van der Waals surface area contributed by atoms with Crippen LogP contribution in [0.25, 0.3) is 0 Å². The minimum Gasteiger partial charge on any atom is -0.497 e. The predicted molar refractivity (Wildman–Crippen MR) is 65.4 cm³/mol. The van der Waals surface area contributed by atoms with Crippen molar-refractivity contribution < 1.29 is 9.84 Å². The van der Waals surface area contributed by atoms with Gasteiger partial charge in [0.25, 0.3) is 0 Å². The molecule has 0 saturated carbocycles. The van der Waals surface area contributed by atoms with Crippen LogP contribution in [0.4, 0.5) is 0 Å². The molecule has 1 aromatic carbocycles. The van der Waals surface area contributed by atoms with E-state index in [-0.39, 0.29) is 11.4 Å². The fourth-order valence-corrected chi connectivity index (χ4v) is 2.04. The molecule has 15 heavy (non-hydrogen) atoms. The molecule has 0 spiro atoms. The summed E-state index contributed by atoms with van der Waals surface area (Å²) in [5, 5.41) is 9.61. The zero-order chi connectivity index (χ0) is 11.3. The zero-order valence-electron chi connectivity index (χ0n) is 9.43. The Morgan fingerprint density at radius 2 is 2.13 bits per heavy atom. The summed E-state index contributed by atoms with van der Waals surface area (Å²) in [5.74, 6) is 1.79. The fraction of sp³-hybridized carbons (Fsp3) is 0.500. The molecule has 0 heterocycles. The highest BCUT2D eigenvalue weighted by Gasteiger charge is 2.09. The summed E-state index contributed by atoms with van der Waals surface area (Å²) in [6.45, 7) is 3.86. The van der Waals surface area contributed by atoms with E-state index >= 15 is 0 Å². The maximum Gasteiger partial charge on any atom is 0.119 e. The minimum absolute atomic E-state index is 0.260. The van der Waals surface area contributed by atoms with Gasteiger partial charge in [-0.05, 0) is 24.6 Å². The standard InChI is InChI=1S/C12H18O2S/c1-9(13)10(2)15-8-11-5-4-6-12(7-11)14-3/h4-7,9-10,13H,8H2,1-3H3. The lowest BCUT2D eigenvalue weighted by Crippen LogP contribution is -2.15. The summed E-state index contributed by atoms with van der Waals surface area (Å²) in [5.41, 5.74) is 1.23. The Balaban J connectivity index is 2.50. The first-order valence-electron chi connectivity index (χ1n) is 5.06. The first-order valence-corrected chi connectivity index (χ1v) is 6.11. The second-order valence-corrected chi connectivity index (χ2v) is 4.97. The molecule has 1 N–H and O–H groups in total. The van der Waals surface area contributed by atoms with E-state index in [0.29, 0.717) is 0 Å². The Bertz CT molecular complexity index is 299. The molecule has 0 aliphatic carbocycles. The number of hydrogen-bond acceptors (Lipinski definition) is 3. The second-order valence-electron chi connectivity index (χ2n) is 3.61. The highest BCUT2D eigenvalue weighted by molar-refractivity contribution is 7.99. The third-order valence-corrected chi connectivity index (χ3v) is 3.75. The Morgan fingerprint density at radius 1 is 1.40 bits per heavy atom. The van der Waals surface area contributed by atoms with Crippen LogP contribution in [0.15, 0.2) is 24.3 Å². The SMILES string of the molecule is COc1cccc(CSC(C)C(C)O)c1. The lowest BCUT2D eigenvalue weighted by Gasteiger charge is -2.14. The minimum atomic E-state index is -0.263. The van der Waals surface area contributed by atoms with Crippen molar-refractivity contribution in [2.24, 2.45) is 0 Å². The molecule has 0 aliphatic heterocycles. The van der Waals surface area contributed by atoms with Gasteiger partial charge >= 0.3 is 0 Å². The van der Waals surface area contributed by atoms with Gasteiger partial charge < -0.3 is 9.84 Å². The van der Waals surface area contributed by atoms with Gasteiger partial charge in [0.05, 0.1) is 13.2 Å². The maximum atomic E-state index is 9.35. The number of benzene rings is 1. The van der Waals surface area contributed by atoms with Gasteiger partial charge in [0.15, 0.2) is 0 Å². The van der Waals surface area contributed by atoms with Gasteiger partial charge in [0.1, 0.15) is 5.75 Å². The molecule has 0 aliphatic rings. The highest BCUT2D eigenvalue weighted by atomic mass is 32.2. The second kappa shape index (κ2) is 6.03. The molecule has 0 aromatic heterocycles. The number of aliphatic hydroxyl groups excluding tert-OH is 1. The molecule has 0 fully saturated rings. The summed E-state index contributed by atoms with van der Waals surface area (Å²) < 4.78 is 5.15. The largest absolute Gasteiger partial charge is 0.497 e. The lowest BCUT2D eigenvalue weighted by molar-refractivity contribution is 0.196. The number of methoxy groups -OCH3 is 1. The number of hydrogen-bond donors (Lipinski definition) is 1. The Kier molecular flexibility index (Phi) is 4.99. The van der Waals surface area contributed by atoms with Crippen molar-refractivity contribution >= 4 is 11.8 Å². The van der Waals surface area contributed by atoms with Crippen LogP contribution in [0, 0.1) is 0 Å². The van der Waals surface area contributed by atoms with Crippen LogP contribution in [0.3, 0.4) is 0 Å². The fourth-order valence-electron chi connectivity index (χ4n) is 1.13. The predicted octanol–water partition coefficient (Wildman–Crippen LogP) is 2.70. The van der Waals surface area contributed by atoms with Crippen LogP contribution in [0.5, 0.6) is 5.75 Å². The monoisotopic (exact) mass is 226 g/mol. The van der Waals surface area contributed by atoms with Crippen molar-refractivity contribution in [2.75, 3.05) is 7.11 Å². The molecule has 2 unspecified atom stereocenters. The molecule has 1 aromatic rings. The Morgan fingerprint density at radius 3 is 2.73 bits per heavy atom. The zero-order valence-corrected chi connectivity index (χ0v) is 10.3. The molecule has 2 nitrogen and oxygen atoms in total. The van der Waals surface area contributed by atoms with Gasteiger partial charge in [0, 0.05) is 11.0 Å². The number of ether oxygens (including phenoxy) is 1. The van der Waals surface area contributed by atoms with Gasteiger partial charge in [-0.25, -0.2) is 0 Å². The topological polar surface area (TPSA) is 29.5 Å². The van der Waals surface area contributed by atoms with Crippen LogP contribution in [-0.4, -0.2) is 23.6 Å². The van der Waals surface area contributed by atoms with Crippen LogP contribution in [-0.2, 0) is 5.75 Å². The molecule has 0 bridgehead atoms. The maximum absolute atomic E-state index is 9.35. The molecule has 84 valence electrons. The van der Waals surface area contributed by atoms with Crippen LogP contribution >= 0.6 is 11.8 Å². The summed E-state index contributed by atoms with van der Waals surface area (Å²) in [6.07, 6.45) is -0.263. The van der Waals surface area contributed by atoms with Crippen LogP contribution in [0.1, 0.15) is 19.4 Å². The summed E-state index contributed by atoms with van der Waals surface area (Å²) in [7, 11) is 1.67. The van der Waals surface area contributed by atoms with Crippen molar-refractivity contribution in [2.45, 2.75) is 31.0 Å². The molecule has 1 rings (SSSR count). The van der Waals surface area contributed by atoms with E-state index in [9.17, 15) is 5.11 Å². The first-order chi connectivity index (χ1) is 7.13. The van der Waals surface area contributed by atoms with E-state index in [1.165, 1.54) is 5.56 Å². The molecular weight excluding hydrogens is 208 g/mol. The van der Waals surface area contributed by atoms with Crippen molar-refractivity contribution in [1.82, 2.24) is 0 Å². The van der Waals surface area contributed by atoms with E-state index in [0.717, 1.165) is 11.5 Å². The Hall–Kier alpha value is -0.670. The van der Waals surface area contributed by atoms with E-state index in [1.807, 2.05) is 32.0 Å². The van der Waals surface area contributed by atoms with E-state index in [1.54, 1.807) is 18.9 Å². The summed E-state index contributed by atoms with van der Waals surface area (Å²) in [4.78, 5) is 0. The molecule has 2 atom stereocenters. The van der Waals surface area contributed by atoms with Crippen molar-refractivity contribution in [3.8, 4) is 5.75 Å². The quantitative estimate of drug-likeness (QED) is 0.837. The molecule has 3 heteroatoms. The average Bonchev–Trinajstić information content (AvgIpc) is 2.26. The van der Waals surface area contributed by atoms with E-state index in [4.69, 9.17) is 4.74 Å². The van der Waals surface area contributed by atoms with E-state index in [2.05, 4.69) is 6.07 Å². The number of aliphatic hydroxyl groups is 1. The van der Waals surface area contributed by atoms with Gasteiger partial charge in [-0.2, -0.15) is 11.8 Å². The Labute approximate surface area is 95.7 Å². The van der Waals surface area contributed by atoms with Gasteiger partial charge in [-0.1, -0.05) is 19.1 Å². The highest BCUT2D eigenvalue weighted by Crippen LogP contribution is 2.22. The lowest BCUT2D eigenvalue weighted by atomic mass is 10.2. The van der Waals surface area contributed by atoms with Crippen LogP contribution in [0.2, 0.25) is 0 Å². The van der Waals surface area contributed by atoms with Gasteiger partial charge in [0.2, 0.25) is 0 Å². The average molecular weight is 226 g/mol. The first kappa shape index (κ1) is 12.4. The molecule has 0 radical (unpaired) electrons. The van der Waals surface area contributed by atoms with Crippen molar-refractivity contribution in [1.29, 1.82) is 0 Å². The molecule has 0 saturated heterocycles. The van der Waals surface area contributed by atoms with Crippen molar-refractivity contribution in [3.05, 3.63) is 29.8 Å². The molecular formula is C12H18O2S. The van der Waals surface area contributed by atoms with Crippen LogP contribution < -0.4 is 4.74 Å². The smallest absolute Gasteiger partial charge is 0.119 e. The van der Waals surface area contributed by atoms with Gasteiger partial charge in [-0.15, -0.1) is 0 Å². The number of rotatable bonds is 5. The van der Waals surface area contributed by atoms with E-state index < -0.39 is 0 Å². The summed E-state index contributed by atoms with van der Waals surface area (Å²) >= 11 is 1.75. The number of thioether (sulfide) groups is 1. The third kappa shape index (κ3) is 4.14. The summed E-state index contributed by atoms with van der Waals surface area (Å²) in [6, 6.07) is 8.03. The van der Waals surface area contributed by atoms with Crippen molar-refractivity contribution in [3.63, 3.8) is 0 Å². The van der Waals surface area contributed by atoms with Gasteiger partial charge in [-0.3, -0.25) is 0 Å². The third-order valence-electron chi connectivity index (χ3n) is 2.33.